The second-order valence-electron chi connectivity index (χ2n) is 8.88. The fourth-order valence-electron chi connectivity index (χ4n) is 5.17. The van der Waals surface area contributed by atoms with E-state index in [9.17, 15) is 9.90 Å². The van der Waals surface area contributed by atoms with E-state index in [1.165, 1.54) is 18.4 Å². The minimum atomic E-state index is -0.215. The highest BCUT2D eigenvalue weighted by Gasteiger charge is 2.34. The zero-order valence-electron chi connectivity index (χ0n) is 17.0. The molecular weight excluding hydrogens is 350 g/mol. The van der Waals surface area contributed by atoms with E-state index in [0.29, 0.717) is 11.9 Å². The van der Waals surface area contributed by atoms with E-state index in [1.807, 2.05) is 4.90 Å². The van der Waals surface area contributed by atoms with E-state index in [0.717, 1.165) is 71.5 Å². The zero-order valence-corrected chi connectivity index (χ0v) is 17.0. The van der Waals surface area contributed by atoms with Crippen molar-refractivity contribution in [3.63, 3.8) is 0 Å². The van der Waals surface area contributed by atoms with Crippen LogP contribution in [0.3, 0.4) is 0 Å². The van der Waals surface area contributed by atoms with Gasteiger partial charge in [-0.1, -0.05) is 30.3 Å². The maximum Gasteiger partial charge on any atom is 0.226 e. The standard InChI is InChI=1S/C23H35N3O2/c27-22-10-15-25(16-11-22)23(28)20-7-4-12-26(18-20)21-8-13-24(14-9-21)17-19-5-2-1-3-6-19/h1-3,5-6,20-22,27H,4,7-18H2. The van der Waals surface area contributed by atoms with Gasteiger partial charge in [-0.2, -0.15) is 0 Å². The summed E-state index contributed by atoms with van der Waals surface area (Å²) in [6, 6.07) is 11.4. The highest BCUT2D eigenvalue weighted by molar-refractivity contribution is 5.79. The van der Waals surface area contributed by atoms with Crippen LogP contribution in [-0.2, 0) is 11.3 Å². The molecule has 1 aromatic rings. The Morgan fingerprint density at radius 3 is 2.36 bits per heavy atom. The summed E-state index contributed by atoms with van der Waals surface area (Å²) in [6.45, 7) is 6.89. The lowest BCUT2D eigenvalue weighted by Crippen LogP contribution is -2.52. The van der Waals surface area contributed by atoms with Crippen molar-refractivity contribution in [2.45, 2.75) is 57.2 Å². The van der Waals surface area contributed by atoms with Gasteiger partial charge in [-0.25, -0.2) is 0 Å². The van der Waals surface area contributed by atoms with Gasteiger partial charge in [-0.05, 0) is 63.7 Å². The summed E-state index contributed by atoms with van der Waals surface area (Å²) < 4.78 is 0. The van der Waals surface area contributed by atoms with Crippen LogP contribution in [0.5, 0.6) is 0 Å². The zero-order chi connectivity index (χ0) is 19.3. The van der Waals surface area contributed by atoms with Gasteiger partial charge in [0, 0.05) is 32.2 Å². The van der Waals surface area contributed by atoms with Crippen molar-refractivity contribution in [3.05, 3.63) is 35.9 Å². The number of aliphatic hydroxyl groups is 1. The Morgan fingerprint density at radius 1 is 0.929 bits per heavy atom. The maximum atomic E-state index is 13.0. The van der Waals surface area contributed by atoms with Crippen molar-refractivity contribution < 1.29 is 9.90 Å². The molecule has 1 atom stereocenters. The number of hydrogen-bond donors (Lipinski definition) is 1. The molecule has 154 valence electrons. The fraction of sp³-hybridized carbons (Fsp3) is 0.696. The van der Waals surface area contributed by atoms with Gasteiger partial charge in [0.25, 0.3) is 0 Å². The average molecular weight is 386 g/mol. The van der Waals surface area contributed by atoms with Crippen LogP contribution >= 0.6 is 0 Å². The molecule has 3 fully saturated rings. The Labute approximate surface area is 169 Å². The number of carbonyl (C=O) groups is 1. The molecule has 1 unspecified atom stereocenters. The number of piperidine rings is 3. The third-order valence-electron chi connectivity index (χ3n) is 6.90. The summed E-state index contributed by atoms with van der Waals surface area (Å²) in [7, 11) is 0. The number of benzene rings is 1. The van der Waals surface area contributed by atoms with Crippen LogP contribution in [-0.4, -0.2) is 77.1 Å². The number of rotatable bonds is 4. The Balaban J connectivity index is 1.25. The molecule has 3 aliphatic rings. The summed E-state index contributed by atoms with van der Waals surface area (Å²) in [5.74, 6) is 0.490. The predicted octanol–water partition coefficient (Wildman–Crippen LogP) is 2.35. The lowest BCUT2D eigenvalue weighted by atomic mass is 9.92. The SMILES string of the molecule is O=C(C1CCCN(C2CCN(Cc3ccccc3)CC2)C1)N1CCC(O)CC1. The molecule has 0 aliphatic carbocycles. The van der Waals surface area contributed by atoms with Crippen molar-refractivity contribution in [3.8, 4) is 0 Å². The molecule has 5 nitrogen and oxygen atoms in total. The van der Waals surface area contributed by atoms with Crippen molar-refractivity contribution in [1.29, 1.82) is 0 Å². The first-order chi connectivity index (χ1) is 13.7. The molecule has 1 N–H and O–H groups in total. The molecule has 1 amide bonds. The Kier molecular flexibility index (Phi) is 6.65. The highest BCUT2D eigenvalue weighted by atomic mass is 16.3. The summed E-state index contributed by atoms with van der Waals surface area (Å²) in [4.78, 5) is 20.1. The van der Waals surface area contributed by atoms with E-state index in [4.69, 9.17) is 0 Å². The van der Waals surface area contributed by atoms with Crippen LogP contribution < -0.4 is 0 Å². The Bertz CT molecular complexity index is 622. The van der Waals surface area contributed by atoms with Crippen molar-refractivity contribution in [2.75, 3.05) is 39.3 Å². The Morgan fingerprint density at radius 2 is 1.64 bits per heavy atom. The van der Waals surface area contributed by atoms with E-state index < -0.39 is 0 Å². The molecule has 0 radical (unpaired) electrons. The van der Waals surface area contributed by atoms with Crippen molar-refractivity contribution in [1.82, 2.24) is 14.7 Å². The number of carbonyl (C=O) groups excluding carboxylic acids is 1. The number of amides is 1. The van der Waals surface area contributed by atoms with Crippen LogP contribution in [0.2, 0.25) is 0 Å². The molecule has 0 spiro atoms. The largest absolute Gasteiger partial charge is 0.393 e. The lowest BCUT2D eigenvalue weighted by Gasteiger charge is -2.43. The van der Waals surface area contributed by atoms with Gasteiger partial charge in [0.15, 0.2) is 0 Å². The molecular formula is C23H35N3O2. The first-order valence-corrected chi connectivity index (χ1v) is 11.2. The molecule has 4 rings (SSSR count). The smallest absolute Gasteiger partial charge is 0.226 e. The summed E-state index contributed by atoms with van der Waals surface area (Å²) in [6.07, 6.45) is 5.85. The van der Waals surface area contributed by atoms with Crippen molar-refractivity contribution in [2.24, 2.45) is 5.92 Å². The molecule has 0 aromatic heterocycles. The van der Waals surface area contributed by atoms with Gasteiger partial charge < -0.3 is 10.0 Å². The molecule has 3 aliphatic heterocycles. The van der Waals surface area contributed by atoms with E-state index >= 15 is 0 Å². The van der Waals surface area contributed by atoms with Gasteiger partial charge in [-0.3, -0.25) is 14.6 Å². The molecule has 1 aromatic carbocycles. The van der Waals surface area contributed by atoms with E-state index in [2.05, 4.69) is 40.1 Å². The van der Waals surface area contributed by atoms with Crippen LogP contribution in [0.4, 0.5) is 0 Å². The van der Waals surface area contributed by atoms with Crippen molar-refractivity contribution >= 4 is 5.91 Å². The molecule has 28 heavy (non-hydrogen) atoms. The van der Waals surface area contributed by atoms with Crippen LogP contribution in [0.1, 0.15) is 44.1 Å². The van der Waals surface area contributed by atoms with E-state index in [1.54, 1.807) is 0 Å². The average Bonchev–Trinajstić information content (AvgIpc) is 2.75. The minimum absolute atomic E-state index is 0.159. The van der Waals surface area contributed by atoms with Gasteiger partial charge in [0.05, 0.1) is 12.0 Å². The highest BCUT2D eigenvalue weighted by Crippen LogP contribution is 2.26. The number of aliphatic hydroxyl groups excluding tert-OH is 1. The first kappa shape index (κ1) is 19.9. The summed E-state index contributed by atoms with van der Waals surface area (Å²) in [5, 5.41) is 9.70. The quantitative estimate of drug-likeness (QED) is 0.864. The van der Waals surface area contributed by atoms with Crippen LogP contribution in [0.15, 0.2) is 30.3 Å². The van der Waals surface area contributed by atoms with Gasteiger partial charge >= 0.3 is 0 Å². The summed E-state index contributed by atoms with van der Waals surface area (Å²) >= 11 is 0. The maximum absolute atomic E-state index is 13.0. The third-order valence-corrected chi connectivity index (χ3v) is 6.90. The molecule has 3 saturated heterocycles. The second kappa shape index (κ2) is 9.38. The topological polar surface area (TPSA) is 47.0 Å². The molecule has 0 saturated carbocycles. The summed E-state index contributed by atoms with van der Waals surface area (Å²) in [5.41, 5.74) is 1.40. The number of hydrogen-bond acceptors (Lipinski definition) is 4. The number of likely N-dealkylation sites (tertiary alicyclic amines) is 3. The first-order valence-electron chi connectivity index (χ1n) is 11.2. The minimum Gasteiger partial charge on any atom is -0.393 e. The normalized spacial score (nSPS) is 26.5. The predicted molar refractivity (Wildman–Crippen MR) is 111 cm³/mol. The van der Waals surface area contributed by atoms with Crippen LogP contribution in [0, 0.1) is 5.92 Å². The van der Waals surface area contributed by atoms with Gasteiger partial charge in [0.1, 0.15) is 0 Å². The monoisotopic (exact) mass is 385 g/mol. The lowest BCUT2D eigenvalue weighted by molar-refractivity contribution is -0.139. The van der Waals surface area contributed by atoms with Gasteiger partial charge in [-0.15, -0.1) is 0 Å². The molecule has 3 heterocycles. The molecule has 0 bridgehead atoms. The fourth-order valence-corrected chi connectivity index (χ4v) is 5.17. The third kappa shape index (κ3) is 4.94. The molecule has 5 heteroatoms. The number of nitrogens with zero attached hydrogens (tertiary/aromatic N) is 3. The van der Waals surface area contributed by atoms with E-state index in [-0.39, 0.29) is 12.0 Å². The Hall–Kier alpha value is -1.43. The second-order valence-corrected chi connectivity index (χ2v) is 8.88. The van der Waals surface area contributed by atoms with Crippen LogP contribution in [0.25, 0.3) is 0 Å². The van der Waals surface area contributed by atoms with Gasteiger partial charge in [0.2, 0.25) is 5.91 Å².